The first-order chi connectivity index (χ1) is 14.4. The fourth-order valence-corrected chi connectivity index (χ4v) is 4.33. The van der Waals surface area contributed by atoms with E-state index in [0.717, 1.165) is 12.1 Å². The van der Waals surface area contributed by atoms with Gasteiger partial charge in [0.25, 0.3) is 10.0 Å². The number of carbonyl (C=O) groups is 1. The minimum atomic E-state index is -3.82. The lowest BCUT2D eigenvalue weighted by molar-refractivity contribution is -0.132. The normalized spacial score (nSPS) is 16.5. The van der Waals surface area contributed by atoms with Crippen LogP contribution in [0.2, 0.25) is 0 Å². The number of anilines is 2. The molecule has 8 nitrogen and oxygen atoms in total. The summed E-state index contributed by atoms with van der Waals surface area (Å²) in [5.41, 5.74) is 2.21. The van der Waals surface area contributed by atoms with Crippen LogP contribution in [0, 0.1) is 0 Å². The molecule has 1 heterocycles. The van der Waals surface area contributed by atoms with E-state index in [2.05, 4.69) is 20.0 Å². The lowest BCUT2D eigenvalue weighted by Crippen LogP contribution is -2.18. The Kier molecular flexibility index (Phi) is 5.37. The van der Waals surface area contributed by atoms with Crippen LogP contribution < -0.4 is 10.0 Å². The zero-order valence-corrected chi connectivity index (χ0v) is 16.8. The summed E-state index contributed by atoms with van der Waals surface area (Å²) in [4.78, 5) is 20.3. The number of para-hydroxylation sites is 2. The molecule has 0 atom stereocenters. The average Bonchev–Trinajstić information content (AvgIpc) is 2.75. The van der Waals surface area contributed by atoms with Gasteiger partial charge in [0, 0.05) is 11.3 Å². The molecule has 0 bridgehead atoms. The molecule has 2 aliphatic carbocycles. The number of allylic oxidation sites excluding steroid dienone is 6. The Morgan fingerprint density at radius 2 is 1.73 bits per heavy atom. The van der Waals surface area contributed by atoms with Crippen molar-refractivity contribution in [3.8, 4) is 0 Å². The molecule has 9 heteroatoms. The molecule has 0 unspecified atom stereocenters. The molecule has 0 spiro atoms. The molecule has 154 valence electrons. The molecule has 0 amide bonds. The third-order valence-corrected chi connectivity index (χ3v) is 6.16. The maximum absolute atomic E-state index is 12.8. The van der Waals surface area contributed by atoms with E-state index in [-0.39, 0.29) is 16.5 Å². The SMILES string of the molecule is O=C(O)C1=CC=C(Nc2nc3ccccc3nc2NS(=O)(=O)C2=CCCC=C2)CC1. The minimum absolute atomic E-state index is 0.0856. The first-order valence-electron chi connectivity index (χ1n) is 9.49. The number of rotatable bonds is 6. The van der Waals surface area contributed by atoms with Crippen LogP contribution in [0.1, 0.15) is 25.7 Å². The largest absolute Gasteiger partial charge is 0.478 e. The topological polar surface area (TPSA) is 121 Å². The monoisotopic (exact) mass is 424 g/mol. The van der Waals surface area contributed by atoms with Gasteiger partial charge in [0.05, 0.1) is 15.9 Å². The minimum Gasteiger partial charge on any atom is -0.478 e. The fraction of sp³-hybridized carbons (Fsp3) is 0.190. The van der Waals surface area contributed by atoms with E-state index in [1.807, 2.05) is 12.1 Å². The van der Waals surface area contributed by atoms with Crippen molar-refractivity contribution in [1.82, 2.24) is 9.97 Å². The predicted octanol–water partition coefficient (Wildman–Crippen LogP) is 3.71. The predicted molar refractivity (Wildman–Crippen MR) is 115 cm³/mol. The van der Waals surface area contributed by atoms with Crippen LogP contribution >= 0.6 is 0 Å². The van der Waals surface area contributed by atoms with Crippen LogP contribution in [-0.4, -0.2) is 29.5 Å². The van der Waals surface area contributed by atoms with Gasteiger partial charge in [-0.3, -0.25) is 4.72 Å². The molecule has 2 aliphatic rings. The average molecular weight is 424 g/mol. The second-order valence-electron chi connectivity index (χ2n) is 6.92. The van der Waals surface area contributed by atoms with E-state index in [9.17, 15) is 13.2 Å². The highest BCUT2D eigenvalue weighted by Gasteiger charge is 2.21. The maximum atomic E-state index is 12.8. The van der Waals surface area contributed by atoms with Gasteiger partial charge in [-0.25, -0.2) is 23.2 Å². The fourth-order valence-electron chi connectivity index (χ4n) is 3.20. The quantitative estimate of drug-likeness (QED) is 0.646. The van der Waals surface area contributed by atoms with Crippen LogP contribution in [0.3, 0.4) is 0 Å². The molecule has 4 rings (SSSR count). The van der Waals surface area contributed by atoms with Gasteiger partial charge in [-0.15, -0.1) is 0 Å². The highest BCUT2D eigenvalue weighted by Crippen LogP contribution is 2.28. The molecule has 0 radical (unpaired) electrons. The summed E-state index contributed by atoms with van der Waals surface area (Å²) in [6.45, 7) is 0. The molecule has 1 aromatic heterocycles. The smallest absolute Gasteiger partial charge is 0.331 e. The summed E-state index contributed by atoms with van der Waals surface area (Å²) < 4.78 is 28.2. The Balaban J connectivity index is 1.70. The number of carboxylic acids is 1. The van der Waals surface area contributed by atoms with Crippen molar-refractivity contribution in [1.29, 1.82) is 0 Å². The van der Waals surface area contributed by atoms with Gasteiger partial charge < -0.3 is 10.4 Å². The van der Waals surface area contributed by atoms with Crippen molar-refractivity contribution in [2.24, 2.45) is 0 Å². The molecular weight excluding hydrogens is 404 g/mol. The number of fused-ring (bicyclic) bond motifs is 1. The van der Waals surface area contributed by atoms with Gasteiger partial charge in [-0.1, -0.05) is 30.4 Å². The third kappa shape index (κ3) is 4.25. The third-order valence-electron chi connectivity index (χ3n) is 4.78. The number of hydrogen-bond donors (Lipinski definition) is 3. The summed E-state index contributed by atoms with van der Waals surface area (Å²) in [5, 5.41) is 12.2. The second-order valence-corrected chi connectivity index (χ2v) is 8.60. The molecule has 0 fully saturated rings. The summed E-state index contributed by atoms with van der Waals surface area (Å²) in [7, 11) is -3.82. The van der Waals surface area contributed by atoms with E-state index in [4.69, 9.17) is 5.11 Å². The van der Waals surface area contributed by atoms with Crippen LogP contribution in [0.5, 0.6) is 0 Å². The number of benzene rings is 1. The molecule has 2 aromatic rings. The highest BCUT2D eigenvalue weighted by molar-refractivity contribution is 7.96. The molecule has 1 aromatic carbocycles. The highest BCUT2D eigenvalue weighted by atomic mass is 32.2. The van der Waals surface area contributed by atoms with E-state index < -0.39 is 16.0 Å². The van der Waals surface area contributed by atoms with Gasteiger partial charge >= 0.3 is 5.97 Å². The summed E-state index contributed by atoms with van der Waals surface area (Å²) in [6, 6.07) is 7.17. The molecule has 0 aliphatic heterocycles. The molecular formula is C21H20N4O4S. The molecule has 0 saturated carbocycles. The van der Waals surface area contributed by atoms with Crippen LogP contribution in [0.15, 0.2) is 70.8 Å². The number of nitrogens with one attached hydrogen (secondary N) is 2. The van der Waals surface area contributed by atoms with Crippen LogP contribution in [-0.2, 0) is 14.8 Å². The Bertz CT molecular complexity index is 1240. The van der Waals surface area contributed by atoms with Gasteiger partial charge in [-0.2, -0.15) is 0 Å². The van der Waals surface area contributed by atoms with Crippen molar-refractivity contribution in [3.63, 3.8) is 0 Å². The van der Waals surface area contributed by atoms with Crippen LogP contribution in [0.4, 0.5) is 11.6 Å². The first-order valence-corrected chi connectivity index (χ1v) is 11.0. The van der Waals surface area contributed by atoms with E-state index >= 15 is 0 Å². The lowest BCUT2D eigenvalue weighted by Gasteiger charge is -2.18. The van der Waals surface area contributed by atoms with Crippen molar-refractivity contribution in [2.75, 3.05) is 10.0 Å². The molecule has 0 saturated heterocycles. The molecule has 3 N–H and O–H groups in total. The van der Waals surface area contributed by atoms with Gasteiger partial charge in [-0.05, 0) is 50.0 Å². The van der Waals surface area contributed by atoms with Gasteiger partial charge in [0.1, 0.15) is 0 Å². The second kappa shape index (κ2) is 8.11. The maximum Gasteiger partial charge on any atom is 0.331 e. The van der Waals surface area contributed by atoms with Crippen LogP contribution in [0.25, 0.3) is 11.0 Å². The van der Waals surface area contributed by atoms with Crippen molar-refractivity contribution in [2.45, 2.75) is 25.7 Å². The Hall–Kier alpha value is -3.46. The molecule has 30 heavy (non-hydrogen) atoms. The number of aromatic nitrogens is 2. The van der Waals surface area contributed by atoms with Gasteiger partial charge in [0.2, 0.25) is 0 Å². The zero-order chi connectivity index (χ0) is 21.1. The van der Waals surface area contributed by atoms with Crippen molar-refractivity contribution >= 4 is 38.7 Å². The summed E-state index contributed by atoms with van der Waals surface area (Å²) in [6.07, 6.45) is 10.6. The Labute approximate surface area is 173 Å². The number of aliphatic carboxylic acids is 1. The standard InChI is InChI=1S/C21H20N4O4S/c26-21(27)14-10-12-15(13-11-14)22-19-20(24-18-9-5-4-8-17(18)23-19)25-30(28,29)16-6-2-1-3-7-16/h2,4-10,12H,1,3,11,13H2,(H,22,23)(H,24,25)(H,26,27). The Morgan fingerprint density at radius 1 is 1.00 bits per heavy atom. The van der Waals surface area contributed by atoms with Crippen molar-refractivity contribution < 1.29 is 18.3 Å². The van der Waals surface area contributed by atoms with E-state index in [0.29, 0.717) is 35.9 Å². The number of hydrogen-bond acceptors (Lipinski definition) is 6. The number of carboxylic acid groups (broad SMARTS) is 1. The van der Waals surface area contributed by atoms with E-state index in [1.54, 1.807) is 36.4 Å². The first kappa shape index (κ1) is 19.8. The lowest BCUT2D eigenvalue weighted by atomic mass is 10.0. The van der Waals surface area contributed by atoms with Crippen molar-refractivity contribution in [3.05, 3.63) is 70.8 Å². The Morgan fingerprint density at radius 3 is 2.33 bits per heavy atom. The summed E-state index contributed by atoms with van der Waals surface area (Å²) in [5.74, 6) is -0.600. The zero-order valence-electron chi connectivity index (χ0n) is 16.0. The number of nitrogens with zero attached hydrogens (tertiary/aromatic N) is 2. The number of sulfonamides is 1. The van der Waals surface area contributed by atoms with E-state index in [1.165, 1.54) is 6.08 Å². The summed E-state index contributed by atoms with van der Waals surface area (Å²) >= 11 is 0. The van der Waals surface area contributed by atoms with Gasteiger partial charge in [0.15, 0.2) is 11.6 Å².